The molecule has 0 bridgehead atoms. The lowest BCUT2D eigenvalue weighted by molar-refractivity contribution is -0.404. The molecule has 0 aliphatic rings. The van der Waals surface area contributed by atoms with Crippen molar-refractivity contribution in [1.29, 1.82) is 0 Å². The van der Waals surface area contributed by atoms with Crippen molar-refractivity contribution in [2.24, 2.45) is 0 Å². The minimum atomic E-state index is -0.485. The van der Waals surface area contributed by atoms with E-state index in [9.17, 15) is 10.1 Å². The Morgan fingerprint density at radius 2 is 2.59 bits per heavy atom. The van der Waals surface area contributed by atoms with Gasteiger partial charge in [0.25, 0.3) is 6.20 Å². The van der Waals surface area contributed by atoms with E-state index < -0.39 is 4.92 Å². The summed E-state index contributed by atoms with van der Waals surface area (Å²) in [6.07, 6.45) is 2.71. The van der Waals surface area contributed by atoms with Crippen LogP contribution in [0.1, 0.15) is 5.01 Å². The molecule has 0 atom stereocenters. The van der Waals surface area contributed by atoms with Crippen LogP contribution in [0.25, 0.3) is 0 Å². The van der Waals surface area contributed by atoms with Crippen LogP contribution in [0.5, 0.6) is 0 Å². The van der Waals surface area contributed by atoms with E-state index in [-0.39, 0.29) is 0 Å². The second-order valence-corrected chi connectivity index (χ2v) is 5.07. The third-order valence-electron chi connectivity index (χ3n) is 1.77. The highest BCUT2D eigenvalue weighted by atomic mass is 32.2. The number of rotatable bonds is 8. The van der Waals surface area contributed by atoms with Gasteiger partial charge in [0, 0.05) is 36.7 Å². The van der Waals surface area contributed by atoms with Crippen molar-refractivity contribution in [2.75, 3.05) is 19.3 Å². The van der Waals surface area contributed by atoms with Crippen LogP contribution in [0.2, 0.25) is 0 Å². The second kappa shape index (κ2) is 7.91. The Bertz CT molecular complexity index is 367. The van der Waals surface area contributed by atoms with E-state index in [1.165, 1.54) is 0 Å². The first-order valence-electron chi connectivity index (χ1n) is 4.95. The third kappa shape index (κ3) is 6.12. The summed E-state index contributed by atoms with van der Waals surface area (Å²) in [5.41, 5.74) is 0. The van der Waals surface area contributed by atoms with Gasteiger partial charge in [0.1, 0.15) is 5.01 Å². The molecule has 1 aromatic rings. The lowest BCUT2D eigenvalue weighted by atomic mass is 10.6. The molecule has 17 heavy (non-hydrogen) atoms. The molecule has 0 saturated carbocycles. The smallest absolute Gasteiger partial charge is 0.274 e. The molecule has 0 radical (unpaired) electrons. The van der Waals surface area contributed by atoms with Crippen LogP contribution in [-0.4, -0.2) is 29.3 Å². The first kappa shape index (κ1) is 13.8. The van der Waals surface area contributed by atoms with Crippen molar-refractivity contribution in [3.63, 3.8) is 0 Å². The number of nitrogens with one attached hydrogen (secondary N) is 2. The van der Waals surface area contributed by atoms with Crippen molar-refractivity contribution < 1.29 is 4.92 Å². The molecule has 2 N–H and O–H groups in total. The standard InChI is InChI=1S/C9H14N4O2S2/c1-10-8(6-13(14)15)11-2-4-16-7-9-12-3-5-17-9/h3,5-6,10-11H,2,4,7H2,1H3/b8-6-. The maximum absolute atomic E-state index is 10.2. The molecule has 0 saturated heterocycles. The summed E-state index contributed by atoms with van der Waals surface area (Å²) in [5.74, 6) is 2.17. The Morgan fingerprint density at radius 1 is 1.76 bits per heavy atom. The van der Waals surface area contributed by atoms with Crippen molar-refractivity contribution >= 4 is 23.1 Å². The van der Waals surface area contributed by atoms with E-state index in [1.807, 2.05) is 5.38 Å². The van der Waals surface area contributed by atoms with Crippen LogP contribution in [-0.2, 0) is 5.75 Å². The monoisotopic (exact) mass is 274 g/mol. The SMILES string of the molecule is CN/C(=C/[N+](=O)[O-])NCCSCc1nccs1. The topological polar surface area (TPSA) is 80.1 Å². The zero-order valence-corrected chi connectivity index (χ0v) is 11.0. The van der Waals surface area contributed by atoms with Gasteiger partial charge < -0.3 is 10.6 Å². The van der Waals surface area contributed by atoms with E-state index in [0.717, 1.165) is 22.7 Å². The molecule has 0 amide bonds. The van der Waals surface area contributed by atoms with Crippen LogP contribution in [0.15, 0.2) is 23.6 Å². The molecule has 0 aromatic carbocycles. The van der Waals surface area contributed by atoms with Crippen molar-refractivity contribution in [2.45, 2.75) is 5.75 Å². The van der Waals surface area contributed by atoms with E-state index >= 15 is 0 Å². The number of thiazole rings is 1. The average molecular weight is 274 g/mol. The quantitative estimate of drug-likeness (QED) is 0.422. The van der Waals surface area contributed by atoms with Gasteiger partial charge in [0.15, 0.2) is 5.82 Å². The van der Waals surface area contributed by atoms with Gasteiger partial charge in [-0.05, 0) is 0 Å². The zero-order chi connectivity index (χ0) is 12.5. The Balaban J connectivity index is 2.13. The molecular formula is C9H14N4O2S2. The molecule has 0 spiro atoms. The van der Waals surface area contributed by atoms with E-state index in [0.29, 0.717) is 12.4 Å². The van der Waals surface area contributed by atoms with Crippen LogP contribution in [0.3, 0.4) is 0 Å². The largest absolute Gasteiger partial charge is 0.370 e. The maximum atomic E-state index is 10.2. The molecule has 0 unspecified atom stereocenters. The Labute approximate surface area is 108 Å². The highest BCUT2D eigenvalue weighted by Crippen LogP contribution is 2.13. The van der Waals surface area contributed by atoms with Crippen molar-refractivity contribution in [3.8, 4) is 0 Å². The van der Waals surface area contributed by atoms with Gasteiger partial charge in [0.05, 0.1) is 4.92 Å². The summed E-state index contributed by atoms with van der Waals surface area (Å²) in [7, 11) is 1.64. The first-order valence-corrected chi connectivity index (χ1v) is 6.99. The highest BCUT2D eigenvalue weighted by Gasteiger charge is 1.99. The average Bonchev–Trinajstić information content (AvgIpc) is 2.79. The van der Waals surface area contributed by atoms with Crippen molar-refractivity contribution in [1.82, 2.24) is 15.6 Å². The highest BCUT2D eigenvalue weighted by molar-refractivity contribution is 7.98. The van der Waals surface area contributed by atoms with Gasteiger partial charge in [-0.1, -0.05) is 0 Å². The number of nitro groups is 1. The first-order chi connectivity index (χ1) is 8.22. The minimum absolute atomic E-state index is 0.421. The van der Waals surface area contributed by atoms with Crippen LogP contribution < -0.4 is 10.6 Å². The molecule has 94 valence electrons. The fraction of sp³-hybridized carbons (Fsp3) is 0.444. The lowest BCUT2D eigenvalue weighted by Crippen LogP contribution is -2.26. The predicted octanol–water partition coefficient (Wildman–Crippen LogP) is 1.26. The third-order valence-corrected chi connectivity index (χ3v) is 3.71. The van der Waals surface area contributed by atoms with Gasteiger partial charge in [-0.3, -0.25) is 10.1 Å². The fourth-order valence-corrected chi connectivity index (χ4v) is 2.61. The van der Waals surface area contributed by atoms with Gasteiger partial charge in [-0.2, -0.15) is 11.8 Å². The number of aromatic nitrogens is 1. The number of hydrogen-bond acceptors (Lipinski definition) is 7. The normalized spacial score (nSPS) is 11.2. The van der Waals surface area contributed by atoms with Crippen molar-refractivity contribution in [3.05, 3.63) is 38.7 Å². The molecular weight excluding hydrogens is 260 g/mol. The zero-order valence-electron chi connectivity index (χ0n) is 9.38. The predicted molar refractivity (Wildman–Crippen MR) is 70.4 cm³/mol. The summed E-state index contributed by atoms with van der Waals surface area (Å²) in [6, 6.07) is 0. The summed E-state index contributed by atoms with van der Waals surface area (Å²) in [6.45, 7) is 0.677. The molecule has 0 aliphatic carbocycles. The maximum Gasteiger partial charge on any atom is 0.274 e. The van der Waals surface area contributed by atoms with Gasteiger partial charge in [-0.25, -0.2) is 4.98 Å². The number of nitrogens with zero attached hydrogens (tertiary/aromatic N) is 2. The molecule has 1 aromatic heterocycles. The molecule has 8 heteroatoms. The lowest BCUT2D eigenvalue weighted by Gasteiger charge is -2.06. The van der Waals surface area contributed by atoms with E-state index in [2.05, 4.69) is 15.6 Å². The Hall–Kier alpha value is -1.28. The van der Waals surface area contributed by atoms with Gasteiger partial charge >= 0.3 is 0 Å². The molecule has 1 rings (SSSR count). The van der Waals surface area contributed by atoms with Gasteiger partial charge in [0.2, 0.25) is 0 Å². The van der Waals surface area contributed by atoms with Crippen LogP contribution in [0.4, 0.5) is 0 Å². The van der Waals surface area contributed by atoms with Crippen LogP contribution >= 0.6 is 23.1 Å². The summed E-state index contributed by atoms with van der Waals surface area (Å²) >= 11 is 3.38. The number of hydrogen-bond donors (Lipinski definition) is 2. The van der Waals surface area contributed by atoms with E-state index in [1.54, 1.807) is 36.3 Å². The Kier molecular flexibility index (Phi) is 6.41. The molecule has 1 heterocycles. The van der Waals surface area contributed by atoms with Crippen LogP contribution in [0, 0.1) is 10.1 Å². The van der Waals surface area contributed by atoms with E-state index in [4.69, 9.17) is 0 Å². The Morgan fingerprint density at radius 3 is 3.18 bits per heavy atom. The minimum Gasteiger partial charge on any atom is -0.370 e. The number of thioether (sulfide) groups is 1. The summed E-state index contributed by atoms with van der Waals surface area (Å²) < 4.78 is 0. The second-order valence-electron chi connectivity index (χ2n) is 2.98. The molecule has 6 nitrogen and oxygen atoms in total. The molecule has 0 fully saturated rings. The molecule has 0 aliphatic heterocycles. The summed E-state index contributed by atoms with van der Waals surface area (Å²) in [5, 5.41) is 19.0. The summed E-state index contributed by atoms with van der Waals surface area (Å²) in [4.78, 5) is 13.9. The van der Waals surface area contributed by atoms with Gasteiger partial charge in [-0.15, -0.1) is 11.3 Å². The fourth-order valence-electron chi connectivity index (χ4n) is 1.05.